The average molecular weight is 378 g/mol. The number of thioether (sulfide) groups is 1. The van der Waals surface area contributed by atoms with Gasteiger partial charge >= 0.3 is 0 Å². The maximum atomic E-state index is 12.8. The Morgan fingerprint density at radius 3 is 2.72 bits per heavy atom. The van der Waals surface area contributed by atoms with Crippen molar-refractivity contribution in [1.29, 1.82) is 0 Å². The molecule has 0 fully saturated rings. The second kappa shape index (κ2) is 6.97. The lowest BCUT2D eigenvalue weighted by Crippen LogP contribution is -2.33. The highest BCUT2D eigenvalue weighted by Crippen LogP contribution is 2.37. The number of rotatable bonds is 4. The normalized spacial score (nSPS) is 13.9. The van der Waals surface area contributed by atoms with Gasteiger partial charge in [0.05, 0.1) is 23.4 Å². The number of ether oxygens (including phenoxy) is 1. The number of hydrogen-bond donors (Lipinski definition) is 1. The Balaban J connectivity index is 1.98. The van der Waals surface area contributed by atoms with Gasteiger partial charge in [0.2, 0.25) is 5.91 Å². The van der Waals surface area contributed by atoms with Crippen LogP contribution in [0.5, 0.6) is 5.75 Å². The molecule has 132 valence electrons. The van der Waals surface area contributed by atoms with Gasteiger partial charge in [-0.2, -0.15) is 0 Å². The van der Waals surface area contributed by atoms with Crippen molar-refractivity contribution in [3.63, 3.8) is 0 Å². The molecule has 2 aromatic rings. The van der Waals surface area contributed by atoms with E-state index in [4.69, 9.17) is 4.74 Å². The van der Waals surface area contributed by atoms with Crippen LogP contribution in [0.15, 0.2) is 52.3 Å². The molecule has 8 heteroatoms. The first-order valence-corrected chi connectivity index (χ1v) is 10.1. The fourth-order valence-corrected chi connectivity index (χ4v) is 4.69. The van der Waals surface area contributed by atoms with Gasteiger partial charge in [-0.25, -0.2) is 8.42 Å². The molecule has 3 rings (SSSR count). The molecule has 1 N–H and O–H groups in total. The van der Waals surface area contributed by atoms with Crippen molar-refractivity contribution in [2.75, 3.05) is 29.0 Å². The largest absolute Gasteiger partial charge is 0.495 e. The van der Waals surface area contributed by atoms with Crippen molar-refractivity contribution in [3.05, 3.63) is 42.5 Å². The highest BCUT2D eigenvalue weighted by Gasteiger charge is 2.24. The second-order valence-electron chi connectivity index (χ2n) is 5.45. The van der Waals surface area contributed by atoms with Crippen LogP contribution in [0.4, 0.5) is 11.4 Å². The molecule has 0 atom stereocenters. The molecule has 0 saturated heterocycles. The molecule has 0 radical (unpaired) electrons. The lowest BCUT2D eigenvalue weighted by atomic mass is 10.2. The van der Waals surface area contributed by atoms with Gasteiger partial charge in [-0.3, -0.25) is 9.52 Å². The van der Waals surface area contributed by atoms with Gasteiger partial charge in [-0.1, -0.05) is 12.1 Å². The van der Waals surface area contributed by atoms with Crippen LogP contribution < -0.4 is 14.4 Å². The maximum absolute atomic E-state index is 12.8. The van der Waals surface area contributed by atoms with Crippen molar-refractivity contribution in [3.8, 4) is 5.75 Å². The summed E-state index contributed by atoms with van der Waals surface area (Å²) in [5.41, 5.74) is 0.993. The fourth-order valence-electron chi connectivity index (χ4n) is 2.62. The molecular weight excluding hydrogens is 360 g/mol. The van der Waals surface area contributed by atoms with Crippen LogP contribution in [0, 0.1) is 0 Å². The summed E-state index contributed by atoms with van der Waals surface area (Å²) in [6.07, 6.45) is 0. The average Bonchev–Trinajstić information content (AvgIpc) is 2.60. The standard InChI is InChI=1S/C17H18N2O4S2/c1-12(20)19-9-10-24-17-8-7-13(11-15(17)19)25(21,22)18-14-5-3-4-6-16(14)23-2/h3-8,11,18H,9-10H2,1-2H3. The highest BCUT2D eigenvalue weighted by atomic mass is 32.2. The number of nitrogens with zero attached hydrogens (tertiary/aromatic N) is 1. The molecule has 0 unspecified atom stereocenters. The molecule has 0 aromatic heterocycles. The molecule has 1 heterocycles. The highest BCUT2D eigenvalue weighted by molar-refractivity contribution is 7.99. The van der Waals surface area contributed by atoms with Gasteiger partial charge in [-0.05, 0) is 30.3 Å². The number of para-hydroxylation sites is 2. The van der Waals surface area contributed by atoms with Crippen molar-refractivity contribution < 1.29 is 17.9 Å². The number of amides is 1. The summed E-state index contributed by atoms with van der Waals surface area (Å²) in [6, 6.07) is 11.6. The number of nitrogens with one attached hydrogen (secondary N) is 1. The van der Waals surface area contributed by atoms with Gasteiger partial charge in [-0.15, -0.1) is 11.8 Å². The number of methoxy groups -OCH3 is 1. The van der Waals surface area contributed by atoms with E-state index in [-0.39, 0.29) is 10.8 Å². The Morgan fingerprint density at radius 2 is 2.00 bits per heavy atom. The predicted octanol–water partition coefficient (Wildman–Crippen LogP) is 2.95. The third-order valence-corrected chi connectivity index (χ3v) is 6.24. The number of hydrogen-bond acceptors (Lipinski definition) is 5. The summed E-state index contributed by atoms with van der Waals surface area (Å²) in [5.74, 6) is 1.12. The zero-order chi connectivity index (χ0) is 18.0. The zero-order valence-corrected chi connectivity index (χ0v) is 15.5. The molecule has 25 heavy (non-hydrogen) atoms. The quantitative estimate of drug-likeness (QED) is 0.885. The van der Waals surface area contributed by atoms with Crippen LogP contribution in [0.2, 0.25) is 0 Å². The number of benzene rings is 2. The van der Waals surface area contributed by atoms with Crippen LogP contribution in [0.1, 0.15) is 6.92 Å². The summed E-state index contributed by atoms with van der Waals surface area (Å²) in [5, 5.41) is 0. The predicted molar refractivity (Wildman–Crippen MR) is 99.0 cm³/mol. The Kier molecular flexibility index (Phi) is 4.91. The van der Waals surface area contributed by atoms with Gasteiger partial charge in [0, 0.05) is 24.1 Å². The minimum Gasteiger partial charge on any atom is -0.495 e. The first-order valence-electron chi connectivity index (χ1n) is 7.63. The van der Waals surface area contributed by atoms with Gasteiger partial charge in [0.1, 0.15) is 5.75 Å². The monoisotopic (exact) mass is 378 g/mol. The minimum absolute atomic E-state index is 0.103. The Morgan fingerprint density at radius 1 is 1.24 bits per heavy atom. The second-order valence-corrected chi connectivity index (χ2v) is 8.27. The van der Waals surface area contributed by atoms with Crippen LogP contribution in [-0.4, -0.2) is 33.7 Å². The zero-order valence-electron chi connectivity index (χ0n) is 13.9. The lowest BCUT2D eigenvalue weighted by Gasteiger charge is -2.28. The van der Waals surface area contributed by atoms with E-state index in [9.17, 15) is 13.2 Å². The van der Waals surface area contributed by atoms with Gasteiger partial charge in [0.15, 0.2) is 0 Å². The van der Waals surface area contributed by atoms with E-state index in [1.807, 2.05) is 0 Å². The van der Waals surface area contributed by atoms with Gasteiger partial charge < -0.3 is 9.64 Å². The van der Waals surface area contributed by atoms with E-state index < -0.39 is 10.0 Å². The van der Waals surface area contributed by atoms with Crippen LogP contribution in [0.25, 0.3) is 0 Å². The number of carbonyl (C=O) groups excluding carboxylic acids is 1. The molecule has 2 aromatic carbocycles. The summed E-state index contributed by atoms with van der Waals surface area (Å²) in [7, 11) is -2.33. The number of anilines is 2. The summed E-state index contributed by atoms with van der Waals surface area (Å²) in [4.78, 5) is 14.4. The Bertz CT molecular complexity index is 913. The van der Waals surface area contributed by atoms with Crippen molar-refractivity contribution in [2.24, 2.45) is 0 Å². The summed E-state index contributed by atoms with van der Waals surface area (Å²) < 4.78 is 33.2. The van der Waals surface area contributed by atoms with E-state index in [0.29, 0.717) is 23.7 Å². The maximum Gasteiger partial charge on any atom is 0.262 e. The van der Waals surface area contributed by atoms with Crippen LogP contribution >= 0.6 is 11.8 Å². The number of sulfonamides is 1. The third kappa shape index (κ3) is 3.59. The number of fused-ring (bicyclic) bond motifs is 1. The van der Waals surface area contributed by atoms with Crippen LogP contribution in [-0.2, 0) is 14.8 Å². The van der Waals surface area contributed by atoms with E-state index in [1.54, 1.807) is 59.1 Å². The SMILES string of the molecule is COc1ccccc1NS(=O)(=O)c1ccc2c(c1)N(C(C)=O)CCS2. The number of carbonyl (C=O) groups is 1. The first-order chi connectivity index (χ1) is 11.9. The Labute approximate surface area is 151 Å². The minimum atomic E-state index is -3.81. The first kappa shape index (κ1) is 17.6. The summed E-state index contributed by atoms with van der Waals surface area (Å²) >= 11 is 1.61. The smallest absolute Gasteiger partial charge is 0.262 e. The molecule has 0 saturated carbocycles. The van der Waals surface area contributed by atoms with E-state index >= 15 is 0 Å². The molecule has 0 bridgehead atoms. The Hall–Kier alpha value is -2.19. The molecule has 1 aliphatic rings. The van der Waals surface area contributed by atoms with Crippen molar-refractivity contribution >= 4 is 39.1 Å². The van der Waals surface area contributed by atoms with E-state index in [0.717, 1.165) is 10.6 Å². The lowest BCUT2D eigenvalue weighted by molar-refractivity contribution is -0.116. The van der Waals surface area contributed by atoms with Gasteiger partial charge in [0.25, 0.3) is 10.0 Å². The molecule has 0 spiro atoms. The topological polar surface area (TPSA) is 75.7 Å². The molecule has 0 aliphatic carbocycles. The van der Waals surface area contributed by atoms with E-state index in [1.165, 1.54) is 14.0 Å². The summed E-state index contributed by atoms with van der Waals surface area (Å²) in [6.45, 7) is 2.05. The molecular formula is C17H18N2O4S2. The third-order valence-electron chi connectivity index (χ3n) is 3.84. The van der Waals surface area contributed by atoms with Crippen molar-refractivity contribution in [1.82, 2.24) is 0 Å². The molecule has 6 nitrogen and oxygen atoms in total. The molecule has 1 aliphatic heterocycles. The fraction of sp³-hybridized carbons (Fsp3) is 0.235. The molecule has 1 amide bonds. The van der Waals surface area contributed by atoms with E-state index in [2.05, 4.69) is 4.72 Å². The van der Waals surface area contributed by atoms with Crippen molar-refractivity contribution in [2.45, 2.75) is 16.7 Å². The van der Waals surface area contributed by atoms with Crippen LogP contribution in [0.3, 0.4) is 0 Å².